The van der Waals surface area contributed by atoms with E-state index in [1.807, 2.05) is 10.9 Å². The van der Waals surface area contributed by atoms with Gasteiger partial charge in [-0.2, -0.15) is 5.10 Å². The third kappa shape index (κ3) is 2.73. The summed E-state index contributed by atoms with van der Waals surface area (Å²) in [6.07, 6.45) is 9.31. The Morgan fingerprint density at radius 3 is 2.68 bits per heavy atom. The zero-order chi connectivity index (χ0) is 17.6. The normalized spacial score (nSPS) is 25.8. The molecule has 0 N–H and O–H groups in total. The van der Waals surface area contributed by atoms with Crippen LogP contribution in [0.1, 0.15) is 70.5 Å². The van der Waals surface area contributed by atoms with Crippen LogP contribution in [0, 0.1) is 5.41 Å². The molecule has 136 valence electrons. The third-order valence-corrected chi connectivity index (χ3v) is 6.34. The van der Waals surface area contributed by atoms with Crippen LogP contribution >= 0.6 is 0 Å². The zero-order valence-corrected chi connectivity index (χ0v) is 15.6. The molecule has 3 heterocycles. The Kier molecular flexibility index (Phi) is 4.22. The molecule has 1 aliphatic carbocycles. The molecule has 25 heavy (non-hydrogen) atoms. The number of nitrogens with zero attached hydrogens (tertiary/aromatic N) is 3. The number of hydrogen-bond donors (Lipinski definition) is 0. The average Bonchev–Trinajstić information content (AvgIpc) is 3.22. The SMILES string of the molecule is CC1=C(C(=O)N2CC3(CCOCC3)C2c2cnn(C(C)C)c2)CCC1. The van der Waals surface area contributed by atoms with Gasteiger partial charge in [-0.3, -0.25) is 9.48 Å². The van der Waals surface area contributed by atoms with Gasteiger partial charge in [0.05, 0.1) is 12.2 Å². The van der Waals surface area contributed by atoms with Crippen LogP contribution in [0.5, 0.6) is 0 Å². The smallest absolute Gasteiger partial charge is 0.250 e. The van der Waals surface area contributed by atoms with Gasteiger partial charge in [-0.15, -0.1) is 0 Å². The summed E-state index contributed by atoms with van der Waals surface area (Å²) in [6, 6.07) is 0.487. The molecule has 0 bridgehead atoms. The summed E-state index contributed by atoms with van der Waals surface area (Å²) in [5.74, 6) is 0.259. The number of carbonyl (C=O) groups is 1. The van der Waals surface area contributed by atoms with Crippen molar-refractivity contribution in [1.29, 1.82) is 0 Å². The van der Waals surface area contributed by atoms with E-state index in [2.05, 4.69) is 37.0 Å². The maximum absolute atomic E-state index is 13.2. The molecule has 3 aliphatic rings. The second-order valence-corrected chi connectivity index (χ2v) is 8.27. The number of carbonyl (C=O) groups excluding carboxylic acids is 1. The summed E-state index contributed by atoms with van der Waals surface area (Å²) in [7, 11) is 0. The predicted molar refractivity (Wildman–Crippen MR) is 96.1 cm³/mol. The van der Waals surface area contributed by atoms with Gasteiger partial charge in [0.15, 0.2) is 0 Å². The largest absolute Gasteiger partial charge is 0.381 e. The fraction of sp³-hybridized carbons (Fsp3) is 0.700. The van der Waals surface area contributed by atoms with Crippen molar-refractivity contribution in [1.82, 2.24) is 14.7 Å². The van der Waals surface area contributed by atoms with Crippen LogP contribution in [-0.2, 0) is 9.53 Å². The minimum Gasteiger partial charge on any atom is -0.381 e. The number of ether oxygens (including phenoxy) is 1. The van der Waals surface area contributed by atoms with Crippen LogP contribution in [0.2, 0.25) is 0 Å². The first-order valence-electron chi connectivity index (χ1n) is 9.63. The summed E-state index contributed by atoms with van der Waals surface area (Å²) in [6.45, 7) is 8.87. The van der Waals surface area contributed by atoms with Crippen molar-refractivity contribution >= 4 is 5.91 Å². The second kappa shape index (κ2) is 6.27. The molecule has 1 aromatic rings. The molecule has 2 aliphatic heterocycles. The van der Waals surface area contributed by atoms with E-state index >= 15 is 0 Å². The Labute approximate surface area is 150 Å². The van der Waals surface area contributed by atoms with Gasteiger partial charge in [0, 0.05) is 48.5 Å². The molecule has 0 aromatic carbocycles. The lowest BCUT2D eigenvalue weighted by atomic mass is 9.64. The van der Waals surface area contributed by atoms with Crippen molar-refractivity contribution in [2.24, 2.45) is 5.41 Å². The maximum atomic E-state index is 13.2. The third-order valence-electron chi connectivity index (χ3n) is 6.34. The summed E-state index contributed by atoms with van der Waals surface area (Å²) in [5.41, 5.74) is 3.70. The minimum atomic E-state index is 0.150. The second-order valence-electron chi connectivity index (χ2n) is 8.27. The molecule has 0 saturated carbocycles. The summed E-state index contributed by atoms with van der Waals surface area (Å²) in [5, 5.41) is 4.54. The Morgan fingerprint density at radius 1 is 1.32 bits per heavy atom. The van der Waals surface area contributed by atoms with Gasteiger partial charge >= 0.3 is 0 Å². The lowest BCUT2D eigenvalue weighted by Crippen LogP contribution is -2.62. The molecule has 0 radical (unpaired) electrons. The van der Waals surface area contributed by atoms with Gasteiger partial charge in [-0.1, -0.05) is 5.57 Å². The highest BCUT2D eigenvalue weighted by Crippen LogP contribution is 2.55. The quantitative estimate of drug-likeness (QED) is 0.842. The number of aromatic nitrogens is 2. The summed E-state index contributed by atoms with van der Waals surface area (Å²) < 4.78 is 7.61. The van der Waals surface area contributed by atoms with Crippen LogP contribution < -0.4 is 0 Å². The van der Waals surface area contributed by atoms with E-state index < -0.39 is 0 Å². The number of amides is 1. The highest BCUT2D eigenvalue weighted by molar-refractivity contribution is 5.95. The van der Waals surface area contributed by atoms with Crippen molar-refractivity contribution in [3.63, 3.8) is 0 Å². The van der Waals surface area contributed by atoms with E-state index in [9.17, 15) is 4.79 Å². The predicted octanol–water partition coefficient (Wildman–Crippen LogP) is 3.64. The molecule has 1 amide bonds. The van der Waals surface area contributed by atoms with E-state index in [1.165, 1.54) is 11.1 Å². The molecule has 1 unspecified atom stereocenters. The zero-order valence-electron chi connectivity index (χ0n) is 15.6. The van der Waals surface area contributed by atoms with Gasteiger partial charge in [-0.25, -0.2) is 0 Å². The summed E-state index contributed by atoms with van der Waals surface area (Å²) >= 11 is 0. The lowest BCUT2D eigenvalue weighted by molar-refractivity contribution is -0.165. The molecule has 5 heteroatoms. The molecular formula is C20H29N3O2. The minimum absolute atomic E-state index is 0.150. The van der Waals surface area contributed by atoms with Gasteiger partial charge in [0.25, 0.3) is 0 Å². The van der Waals surface area contributed by atoms with E-state index in [1.54, 1.807) is 0 Å². The van der Waals surface area contributed by atoms with Gasteiger partial charge in [0.2, 0.25) is 5.91 Å². The van der Waals surface area contributed by atoms with E-state index in [-0.39, 0.29) is 17.4 Å². The molecule has 1 atom stereocenters. The Morgan fingerprint density at radius 2 is 2.08 bits per heavy atom. The topological polar surface area (TPSA) is 47.4 Å². The first-order chi connectivity index (χ1) is 12.0. The van der Waals surface area contributed by atoms with E-state index in [4.69, 9.17) is 4.74 Å². The Hall–Kier alpha value is -1.62. The van der Waals surface area contributed by atoms with Crippen molar-refractivity contribution in [2.45, 2.75) is 65.0 Å². The van der Waals surface area contributed by atoms with E-state index in [0.717, 1.165) is 57.4 Å². The summed E-state index contributed by atoms with van der Waals surface area (Å²) in [4.78, 5) is 15.3. The lowest BCUT2D eigenvalue weighted by Gasteiger charge is -2.59. The first-order valence-corrected chi connectivity index (χ1v) is 9.63. The van der Waals surface area contributed by atoms with Crippen molar-refractivity contribution in [3.05, 3.63) is 29.1 Å². The van der Waals surface area contributed by atoms with E-state index in [0.29, 0.717) is 6.04 Å². The van der Waals surface area contributed by atoms with Crippen LogP contribution in [0.3, 0.4) is 0 Å². The highest BCUT2D eigenvalue weighted by Gasteiger charge is 2.56. The maximum Gasteiger partial charge on any atom is 0.250 e. The number of likely N-dealkylation sites (tertiary alicyclic amines) is 1. The molecule has 2 saturated heterocycles. The molecule has 1 aromatic heterocycles. The number of rotatable bonds is 3. The van der Waals surface area contributed by atoms with Crippen molar-refractivity contribution in [3.8, 4) is 0 Å². The van der Waals surface area contributed by atoms with Crippen molar-refractivity contribution in [2.75, 3.05) is 19.8 Å². The Bertz CT molecular complexity index is 698. The first kappa shape index (κ1) is 16.8. The molecule has 1 spiro atoms. The Balaban J connectivity index is 1.65. The molecular weight excluding hydrogens is 314 g/mol. The van der Waals surface area contributed by atoms with Crippen LogP contribution in [-0.4, -0.2) is 40.3 Å². The van der Waals surface area contributed by atoms with Gasteiger partial charge in [0.1, 0.15) is 0 Å². The molecule has 2 fully saturated rings. The van der Waals surface area contributed by atoms with Crippen molar-refractivity contribution < 1.29 is 9.53 Å². The number of allylic oxidation sites excluding steroid dienone is 1. The van der Waals surface area contributed by atoms with Crippen LogP contribution in [0.15, 0.2) is 23.5 Å². The fourth-order valence-electron chi connectivity index (χ4n) is 4.80. The number of hydrogen-bond acceptors (Lipinski definition) is 3. The van der Waals surface area contributed by atoms with Crippen LogP contribution in [0.25, 0.3) is 0 Å². The van der Waals surface area contributed by atoms with Gasteiger partial charge < -0.3 is 9.64 Å². The van der Waals surface area contributed by atoms with Crippen LogP contribution in [0.4, 0.5) is 0 Å². The average molecular weight is 343 g/mol. The molecule has 5 nitrogen and oxygen atoms in total. The standard InChI is InChI=1S/C20H29N3O2/c1-14(2)23-12-16(11-21-23)18-20(7-9-25-10-8-20)13-22(18)19(24)17-6-4-5-15(17)3/h11-12,14,18H,4-10,13H2,1-3H3. The van der Waals surface area contributed by atoms with Gasteiger partial charge in [-0.05, 0) is 52.9 Å². The fourth-order valence-corrected chi connectivity index (χ4v) is 4.80. The molecule has 4 rings (SSSR count). The highest BCUT2D eigenvalue weighted by atomic mass is 16.5. The monoisotopic (exact) mass is 343 g/mol.